The van der Waals surface area contributed by atoms with Crippen molar-refractivity contribution in [2.24, 2.45) is 0 Å². The molecular formula is C12H5BrClNO2. The number of hydrogen-bond acceptors (Lipinski definition) is 3. The third-order valence-corrected chi connectivity index (χ3v) is 3.18. The molecule has 0 N–H and O–H groups in total. The van der Waals surface area contributed by atoms with Crippen LogP contribution in [0.2, 0.25) is 5.02 Å². The second-order valence-corrected chi connectivity index (χ2v) is 4.47. The van der Waals surface area contributed by atoms with Gasteiger partial charge in [-0.15, -0.1) is 0 Å². The van der Waals surface area contributed by atoms with E-state index in [1.165, 1.54) is 6.07 Å². The Hall–Kier alpha value is -1.57. The van der Waals surface area contributed by atoms with Gasteiger partial charge in [-0.05, 0) is 40.2 Å². The molecule has 0 amide bonds. The summed E-state index contributed by atoms with van der Waals surface area (Å²) in [5.74, 6) is 0.592. The number of hydrogen-bond donors (Lipinski definition) is 0. The maximum absolute atomic E-state index is 10.6. The average molecular weight is 311 g/mol. The Morgan fingerprint density at radius 2 is 2.12 bits per heavy atom. The minimum absolute atomic E-state index is 0.194. The number of carbonyl (C=O) groups is 1. The monoisotopic (exact) mass is 309 g/mol. The van der Waals surface area contributed by atoms with Crippen molar-refractivity contribution in [2.75, 3.05) is 0 Å². The molecule has 0 radical (unpaired) electrons. The summed E-state index contributed by atoms with van der Waals surface area (Å²) >= 11 is 9.32. The fourth-order valence-corrected chi connectivity index (χ4v) is 2.12. The second kappa shape index (κ2) is 4.74. The fraction of sp³-hybridized carbons (Fsp3) is 0. The number of halogens is 2. The minimum atomic E-state index is 0.194. The van der Waals surface area contributed by atoms with Gasteiger partial charge in [-0.1, -0.05) is 11.6 Å². The predicted molar refractivity (Wildman–Crippen MR) is 67.0 cm³/mol. The Morgan fingerprint density at radius 1 is 1.35 bits per heavy atom. The van der Waals surface area contributed by atoms with Gasteiger partial charge in [0, 0.05) is 4.47 Å². The van der Waals surface area contributed by atoms with Gasteiger partial charge in [0.1, 0.15) is 11.8 Å². The first-order valence-electron chi connectivity index (χ1n) is 4.61. The van der Waals surface area contributed by atoms with Gasteiger partial charge in [0.15, 0.2) is 12.0 Å². The summed E-state index contributed by atoms with van der Waals surface area (Å²) in [6.07, 6.45) is 0.599. The lowest BCUT2D eigenvalue weighted by Gasteiger charge is -2.05. The molecule has 3 nitrogen and oxygen atoms in total. The number of nitrogens with zero attached hydrogens (tertiary/aromatic N) is 1. The summed E-state index contributed by atoms with van der Waals surface area (Å²) in [4.78, 5) is 10.6. The molecule has 0 aliphatic rings. The Bertz CT molecular complexity index is 628. The van der Waals surface area contributed by atoms with Crippen LogP contribution in [0, 0.1) is 11.3 Å². The van der Waals surface area contributed by atoms with E-state index in [0.29, 0.717) is 32.7 Å². The SMILES string of the molecule is N#Cc1c(Br)ccc(Cl)c1-c1ccc(C=O)o1. The Balaban J connectivity index is 2.70. The number of furan rings is 1. The van der Waals surface area contributed by atoms with Gasteiger partial charge in [-0.3, -0.25) is 4.79 Å². The van der Waals surface area contributed by atoms with E-state index < -0.39 is 0 Å². The van der Waals surface area contributed by atoms with Gasteiger partial charge in [-0.25, -0.2) is 0 Å². The van der Waals surface area contributed by atoms with E-state index in [4.69, 9.17) is 21.3 Å². The third kappa shape index (κ3) is 2.12. The smallest absolute Gasteiger partial charge is 0.185 e. The molecule has 2 aromatic rings. The standard InChI is InChI=1S/C12H5BrClNO2/c13-9-2-3-10(14)12(8(9)5-15)11-4-1-7(6-16)17-11/h1-4,6H. The van der Waals surface area contributed by atoms with Crippen LogP contribution in [-0.2, 0) is 0 Å². The number of benzene rings is 1. The molecule has 0 aliphatic heterocycles. The predicted octanol–water partition coefficient (Wildman–Crippen LogP) is 4.05. The van der Waals surface area contributed by atoms with E-state index in [1.807, 2.05) is 0 Å². The molecule has 5 heteroatoms. The highest BCUT2D eigenvalue weighted by Crippen LogP contribution is 2.35. The van der Waals surface area contributed by atoms with Crippen molar-refractivity contribution in [1.82, 2.24) is 0 Å². The molecular weight excluding hydrogens is 305 g/mol. The van der Waals surface area contributed by atoms with E-state index in [9.17, 15) is 4.79 Å². The summed E-state index contributed by atoms with van der Waals surface area (Å²) in [5.41, 5.74) is 0.862. The van der Waals surface area contributed by atoms with Crippen LogP contribution in [0.1, 0.15) is 16.1 Å². The van der Waals surface area contributed by atoms with Crippen LogP contribution < -0.4 is 0 Å². The summed E-state index contributed by atoms with van der Waals surface area (Å²) in [7, 11) is 0. The van der Waals surface area contributed by atoms with E-state index in [2.05, 4.69) is 22.0 Å². The van der Waals surface area contributed by atoms with Gasteiger partial charge in [-0.2, -0.15) is 5.26 Å². The van der Waals surface area contributed by atoms with Crippen molar-refractivity contribution in [1.29, 1.82) is 5.26 Å². The molecule has 0 atom stereocenters. The molecule has 1 aromatic heterocycles. The van der Waals surface area contributed by atoms with E-state index in [0.717, 1.165) is 0 Å². The first kappa shape index (κ1) is 11.9. The van der Waals surface area contributed by atoms with Gasteiger partial charge < -0.3 is 4.42 Å². The first-order valence-corrected chi connectivity index (χ1v) is 5.78. The first-order chi connectivity index (χ1) is 8.17. The highest BCUT2D eigenvalue weighted by Gasteiger charge is 2.16. The molecule has 1 heterocycles. The molecule has 0 saturated carbocycles. The lowest BCUT2D eigenvalue weighted by molar-refractivity contribution is 0.110. The highest BCUT2D eigenvalue weighted by molar-refractivity contribution is 9.10. The molecule has 84 valence electrons. The van der Waals surface area contributed by atoms with E-state index >= 15 is 0 Å². The lowest BCUT2D eigenvalue weighted by Crippen LogP contribution is -1.86. The lowest BCUT2D eigenvalue weighted by atomic mass is 10.1. The number of nitriles is 1. The quantitative estimate of drug-likeness (QED) is 0.786. The number of aldehydes is 1. The normalized spacial score (nSPS) is 9.94. The van der Waals surface area contributed by atoms with Crippen molar-refractivity contribution in [3.8, 4) is 17.4 Å². The summed E-state index contributed by atoms with van der Waals surface area (Å²) in [6.45, 7) is 0. The minimum Gasteiger partial charge on any atom is -0.453 e. The van der Waals surface area contributed by atoms with Gasteiger partial charge in [0.05, 0.1) is 16.1 Å². The van der Waals surface area contributed by atoms with Gasteiger partial charge >= 0.3 is 0 Å². The molecule has 1 aromatic carbocycles. The fourth-order valence-electron chi connectivity index (χ4n) is 1.45. The molecule has 2 rings (SSSR count). The van der Waals surface area contributed by atoms with Crippen LogP contribution in [0.15, 0.2) is 33.2 Å². The molecule has 0 bridgehead atoms. The molecule has 0 unspecified atom stereocenters. The Labute approximate surface area is 111 Å². The molecule has 0 spiro atoms. The summed E-state index contributed by atoms with van der Waals surface area (Å²) in [5, 5.41) is 9.50. The number of rotatable bonds is 2. The van der Waals surface area contributed by atoms with Crippen molar-refractivity contribution >= 4 is 33.8 Å². The van der Waals surface area contributed by atoms with Crippen molar-refractivity contribution in [3.63, 3.8) is 0 Å². The second-order valence-electron chi connectivity index (χ2n) is 3.21. The van der Waals surface area contributed by atoms with Crippen molar-refractivity contribution < 1.29 is 9.21 Å². The maximum atomic E-state index is 10.6. The molecule has 0 saturated heterocycles. The zero-order valence-corrected chi connectivity index (χ0v) is 10.7. The van der Waals surface area contributed by atoms with Crippen LogP contribution >= 0.6 is 27.5 Å². The van der Waals surface area contributed by atoms with E-state index in [-0.39, 0.29) is 5.76 Å². The van der Waals surface area contributed by atoms with Gasteiger partial charge in [0.2, 0.25) is 0 Å². The Morgan fingerprint density at radius 3 is 2.71 bits per heavy atom. The van der Waals surface area contributed by atoms with Crippen LogP contribution in [0.3, 0.4) is 0 Å². The Kier molecular flexibility index (Phi) is 3.32. The van der Waals surface area contributed by atoms with Crippen LogP contribution in [0.25, 0.3) is 11.3 Å². The third-order valence-electron chi connectivity index (χ3n) is 2.20. The largest absolute Gasteiger partial charge is 0.453 e. The maximum Gasteiger partial charge on any atom is 0.185 e. The summed E-state index contributed by atoms with van der Waals surface area (Å²) < 4.78 is 5.90. The zero-order valence-electron chi connectivity index (χ0n) is 8.41. The molecule has 0 fully saturated rings. The average Bonchev–Trinajstić information content (AvgIpc) is 2.80. The molecule has 0 aliphatic carbocycles. The van der Waals surface area contributed by atoms with Crippen LogP contribution in [0.5, 0.6) is 0 Å². The topological polar surface area (TPSA) is 54.0 Å². The van der Waals surface area contributed by atoms with Crippen molar-refractivity contribution in [3.05, 3.63) is 45.1 Å². The van der Waals surface area contributed by atoms with E-state index in [1.54, 1.807) is 18.2 Å². The highest BCUT2D eigenvalue weighted by atomic mass is 79.9. The number of carbonyl (C=O) groups excluding carboxylic acids is 1. The van der Waals surface area contributed by atoms with Crippen LogP contribution in [0.4, 0.5) is 0 Å². The van der Waals surface area contributed by atoms with Gasteiger partial charge in [0.25, 0.3) is 0 Å². The van der Waals surface area contributed by atoms with Crippen LogP contribution in [-0.4, -0.2) is 6.29 Å². The zero-order chi connectivity index (χ0) is 12.4. The van der Waals surface area contributed by atoms with Crippen molar-refractivity contribution in [2.45, 2.75) is 0 Å². The summed E-state index contributed by atoms with van der Waals surface area (Å²) in [6, 6.07) is 8.53. The molecule has 17 heavy (non-hydrogen) atoms.